The number of benzene rings is 1. The van der Waals surface area contributed by atoms with Crippen LogP contribution in [0.3, 0.4) is 0 Å². The van der Waals surface area contributed by atoms with Crippen molar-refractivity contribution in [3.63, 3.8) is 0 Å². The van der Waals surface area contributed by atoms with Crippen LogP contribution in [0.1, 0.15) is 24.8 Å². The van der Waals surface area contributed by atoms with E-state index in [2.05, 4.69) is 29.2 Å². The molecular formula is C19H28N2O3. The first-order chi connectivity index (χ1) is 11.6. The zero-order chi connectivity index (χ0) is 16.9. The van der Waals surface area contributed by atoms with Crippen LogP contribution in [-0.4, -0.2) is 66.3 Å². The number of hydrogen-bond donors (Lipinski definition) is 1. The van der Waals surface area contributed by atoms with Crippen molar-refractivity contribution in [1.29, 1.82) is 0 Å². The van der Waals surface area contributed by atoms with E-state index in [4.69, 9.17) is 4.74 Å². The minimum absolute atomic E-state index is 0.0567. The second-order valence-electron chi connectivity index (χ2n) is 7.10. The number of morpholine rings is 1. The van der Waals surface area contributed by atoms with Crippen LogP contribution in [-0.2, 0) is 16.1 Å². The first-order valence-corrected chi connectivity index (χ1v) is 8.91. The second-order valence-corrected chi connectivity index (χ2v) is 7.10. The highest BCUT2D eigenvalue weighted by Gasteiger charge is 2.32. The number of rotatable bonds is 7. The fourth-order valence-electron chi connectivity index (χ4n) is 3.25. The molecule has 5 heteroatoms. The number of likely N-dealkylation sites (N-methyl/N-ethyl adjacent to an activating group) is 1. The molecule has 1 heterocycles. The molecule has 1 aromatic rings. The maximum Gasteiger partial charge on any atom is 0.225 e. The van der Waals surface area contributed by atoms with E-state index in [0.717, 1.165) is 32.5 Å². The lowest BCUT2D eigenvalue weighted by molar-refractivity contribution is -0.136. The Kier molecular flexibility index (Phi) is 5.87. The lowest BCUT2D eigenvalue weighted by atomic mass is 10.1. The highest BCUT2D eigenvalue weighted by Crippen LogP contribution is 2.32. The van der Waals surface area contributed by atoms with Crippen LogP contribution in [0.25, 0.3) is 0 Å². The smallest absolute Gasteiger partial charge is 0.225 e. The molecule has 1 aliphatic heterocycles. The Balaban J connectivity index is 1.44. The number of amides is 1. The number of carbonyl (C=O) groups excluding carboxylic acids is 1. The Morgan fingerprint density at radius 3 is 2.83 bits per heavy atom. The number of aliphatic hydroxyl groups is 1. The molecule has 24 heavy (non-hydrogen) atoms. The normalized spacial score (nSPS) is 23.0. The lowest BCUT2D eigenvalue weighted by Crippen LogP contribution is -2.45. The van der Waals surface area contributed by atoms with E-state index in [9.17, 15) is 9.90 Å². The Hall–Kier alpha value is -1.43. The van der Waals surface area contributed by atoms with Crippen molar-refractivity contribution >= 4 is 5.91 Å². The summed E-state index contributed by atoms with van der Waals surface area (Å²) in [4.78, 5) is 16.4. The number of nitrogens with zero attached hydrogens (tertiary/aromatic N) is 2. The van der Waals surface area contributed by atoms with E-state index in [1.165, 1.54) is 5.56 Å². The Labute approximate surface area is 144 Å². The van der Waals surface area contributed by atoms with E-state index in [-0.39, 0.29) is 18.1 Å². The number of carbonyl (C=O) groups is 1. The van der Waals surface area contributed by atoms with Crippen molar-refractivity contribution in [2.75, 3.05) is 33.3 Å². The van der Waals surface area contributed by atoms with Gasteiger partial charge in [0.25, 0.3) is 0 Å². The van der Waals surface area contributed by atoms with Gasteiger partial charge in [-0.3, -0.25) is 9.69 Å². The van der Waals surface area contributed by atoms with Gasteiger partial charge in [-0.15, -0.1) is 0 Å². The first kappa shape index (κ1) is 17.4. The summed E-state index contributed by atoms with van der Waals surface area (Å²) in [7, 11) is 1.78. The molecule has 1 aliphatic carbocycles. The summed E-state index contributed by atoms with van der Waals surface area (Å²) in [6, 6.07) is 10.4. The van der Waals surface area contributed by atoms with Gasteiger partial charge in [-0.05, 0) is 24.3 Å². The number of hydrogen-bond acceptors (Lipinski definition) is 4. The molecule has 3 rings (SSSR count). The molecule has 1 N–H and O–H groups in total. The molecule has 1 saturated carbocycles. The van der Waals surface area contributed by atoms with E-state index in [0.29, 0.717) is 25.5 Å². The SMILES string of the molecule is CN(CC(O)C1CC1)C(=O)CC1CN(Cc2ccccc2)CCO1. The molecule has 2 fully saturated rings. The van der Waals surface area contributed by atoms with Crippen molar-refractivity contribution < 1.29 is 14.6 Å². The molecule has 0 bridgehead atoms. The first-order valence-electron chi connectivity index (χ1n) is 8.91. The Morgan fingerprint density at radius 2 is 2.12 bits per heavy atom. The molecule has 1 amide bonds. The number of ether oxygens (including phenoxy) is 1. The molecule has 2 unspecified atom stereocenters. The highest BCUT2D eigenvalue weighted by atomic mass is 16.5. The summed E-state index contributed by atoms with van der Waals surface area (Å²) in [6.07, 6.45) is 2.13. The van der Waals surface area contributed by atoms with Crippen LogP contribution in [0.2, 0.25) is 0 Å². The van der Waals surface area contributed by atoms with Crippen LogP contribution in [0.5, 0.6) is 0 Å². The quantitative estimate of drug-likeness (QED) is 0.822. The van der Waals surface area contributed by atoms with E-state index in [1.807, 2.05) is 6.07 Å². The van der Waals surface area contributed by atoms with Crippen molar-refractivity contribution in [3.8, 4) is 0 Å². The molecule has 2 atom stereocenters. The summed E-state index contributed by atoms with van der Waals surface area (Å²) in [5, 5.41) is 9.99. The molecule has 0 spiro atoms. The maximum atomic E-state index is 12.4. The molecule has 2 aliphatic rings. The molecule has 0 aromatic heterocycles. The standard InChI is InChI=1S/C19H28N2O3/c1-20(14-18(22)16-7-8-16)19(23)11-17-13-21(9-10-24-17)12-15-5-3-2-4-6-15/h2-6,16-18,22H,7-14H2,1H3. The van der Waals surface area contributed by atoms with Crippen LogP contribution >= 0.6 is 0 Å². The summed E-state index contributed by atoms with van der Waals surface area (Å²) in [5.74, 6) is 0.453. The average molecular weight is 332 g/mol. The van der Waals surface area contributed by atoms with E-state index in [1.54, 1.807) is 11.9 Å². The van der Waals surface area contributed by atoms with E-state index < -0.39 is 0 Å². The van der Waals surface area contributed by atoms with Crippen molar-refractivity contribution in [3.05, 3.63) is 35.9 Å². The molecule has 132 valence electrons. The molecule has 1 aromatic carbocycles. The van der Waals surface area contributed by atoms with Gasteiger partial charge in [0.2, 0.25) is 5.91 Å². The Morgan fingerprint density at radius 1 is 1.38 bits per heavy atom. The fraction of sp³-hybridized carbons (Fsp3) is 0.632. The summed E-state index contributed by atoms with van der Waals surface area (Å²) < 4.78 is 5.78. The predicted molar refractivity (Wildman–Crippen MR) is 92.4 cm³/mol. The third kappa shape index (κ3) is 5.03. The van der Waals surface area contributed by atoms with Crippen LogP contribution < -0.4 is 0 Å². The van der Waals surface area contributed by atoms with Crippen LogP contribution in [0.15, 0.2) is 30.3 Å². The summed E-state index contributed by atoms with van der Waals surface area (Å²) in [5.41, 5.74) is 1.29. The van der Waals surface area contributed by atoms with E-state index >= 15 is 0 Å². The van der Waals surface area contributed by atoms with Crippen molar-refractivity contribution in [1.82, 2.24) is 9.80 Å². The van der Waals surface area contributed by atoms with Gasteiger partial charge in [-0.25, -0.2) is 0 Å². The summed E-state index contributed by atoms with van der Waals surface area (Å²) >= 11 is 0. The zero-order valence-electron chi connectivity index (χ0n) is 14.4. The van der Waals surface area contributed by atoms with Gasteiger partial charge in [0.15, 0.2) is 0 Å². The van der Waals surface area contributed by atoms with Gasteiger partial charge in [0.05, 0.1) is 25.2 Å². The third-order valence-corrected chi connectivity index (χ3v) is 4.93. The molecule has 0 radical (unpaired) electrons. The monoisotopic (exact) mass is 332 g/mol. The minimum Gasteiger partial charge on any atom is -0.391 e. The predicted octanol–water partition coefficient (Wildman–Crippen LogP) is 1.51. The largest absolute Gasteiger partial charge is 0.391 e. The topological polar surface area (TPSA) is 53.0 Å². The zero-order valence-corrected chi connectivity index (χ0v) is 14.4. The highest BCUT2D eigenvalue weighted by molar-refractivity contribution is 5.76. The van der Waals surface area contributed by atoms with Gasteiger partial charge >= 0.3 is 0 Å². The Bertz CT molecular complexity index is 533. The third-order valence-electron chi connectivity index (χ3n) is 4.93. The maximum absolute atomic E-state index is 12.4. The number of aliphatic hydroxyl groups excluding tert-OH is 1. The summed E-state index contributed by atoms with van der Waals surface area (Å²) in [6.45, 7) is 3.67. The van der Waals surface area contributed by atoms with Gasteiger partial charge in [0.1, 0.15) is 0 Å². The molecular weight excluding hydrogens is 304 g/mol. The minimum atomic E-state index is -0.374. The van der Waals surface area contributed by atoms with Gasteiger partial charge < -0.3 is 14.7 Å². The second kappa shape index (κ2) is 8.10. The molecule has 5 nitrogen and oxygen atoms in total. The average Bonchev–Trinajstić information content (AvgIpc) is 3.41. The van der Waals surface area contributed by atoms with Crippen molar-refractivity contribution in [2.45, 2.75) is 38.0 Å². The van der Waals surface area contributed by atoms with Gasteiger partial charge in [-0.2, -0.15) is 0 Å². The molecule has 1 saturated heterocycles. The van der Waals surface area contributed by atoms with Gasteiger partial charge in [0, 0.05) is 33.2 Å². The van der Waals surface area contributed by atoms with Crippen LogP contribution in [0.4, 0.5) is 0 Å². The van der Waals surface area contributed by atoms with Crippen molar-refractivity contribution in [2.24, 2.45) is 5.92 Å². The van der Waals surface area contributed by atoms with Crippen LogP contribution in [0, 0.1) is 5.92 Å². The van der Waals surface area contributed by atoms with Gasteiger partial charge in [-0.1, -0.05) is 30.3 Å². The fourth-order valence-corrected chi connectivity index (χ4v) is 3.25. The lowest BCUT2D eigenvalue weighted by Gasteiger charge is -2.33.